The molecule has 0 amide bonds. The van der Waals surface area contributed by atoms with E-state index in [9.17, 15) is 43.2 Å². The summed E-state index contributed by atoms with van der Waals surface area (Å²) in [6.45, 7) is 12.0. The molecule has 0 aliphatic heterocycles. The summed E-state index contributed by atoms with van der Waals surface area (Å²) in [5.41, 5.74) is 0. The van der Waals surface area contributed by atoms with Crippen molar-refractivity contribution in [3.8, 4) is 0 Å². The minimum Gasteiger partial charge on any atom is -0.462 e. The van der Waals surface area contributed by atoms with Crippen LogP contribution in [0.1, 0.15) is 453 Å². The molecule has 19 heteroatoms. The number of unbranched alkanes of at least 4 members (excludes halogenated alkanes) is 50. The van der Waals surface area contributed by atoms with Gasteiger partial charge in [-0.1, -0.05) is 402 Å². The number of carbonyl (C=O) groups is 4. The van der Waals surface area contributed by atoms with Gasteiger partial charge in [-0.25, -0.2) is 9.13 Å². The highest BCUT2D eigenvalue weighted by Crippen LogP contribution is 2.45. The first-order chi connectivity index (χ1) is 50.8. The highest BCUT2D eigenvalue weighted by Gasteiger charge is 2.30. The van der Waals surface area contributed by atoms with Crippen molar-refractivity contribution in [3.05, 3.63) is 0 Å². The number of esters is 4. The fourth-order valence-electron chi connectivity index (χ4n) is 13.3. The maximum Gasteiger partial charge on any atom is 0.472 e. The van der Waals surface area contributed by atoms with E-state index >= 15 is 0 Å². The van der Waals surface area contributed by atoms with Crippen LogP contribution in [-0.2, 0) is 65.4 Å². The molecular weight excluding hydrogens is 1370 g/mol. The summed E-state index contributed by atoms with van der Waals surface area (Å²) in [5.74, 6) is 0.270. The van der Waals surface area contributed by atoms with Gasteiger partial charge in [-0.05, 0) is 43.4 Å². The summed E-state index contributed by atoms with van der Waals surface area (Å²) in [4.78, 5) is 73.2. The molecule has 0 spiro atoms. The molecule has 0 aromatic heterocycles. The van der Waals surface area contributed by atoms with E-state index in [1.807, 2.05) is 0 Å². The quantitative estimate of drug-likeness (QED) is 0.0222. The lowest BCUT2D eigenvalue weighted by atomic mass is 9.99. The van der Waals surface area contributed by atoms with Gasteiger partial charge in [-0.2, -0.15) is 0 Å². The molecule has 0 aliphatic rings. The number of aliphatic hydroxyl groups excluding tert-OH is 1. The number of phosphoric ester groups is 2. The molecule has 0 fully saturated rings. The van der Waals surface area contributed by atoms with Crippen molar-refractivity contribution < 1.29 is 80.2 Å². The van der Waals surface area contributed by atoms with Crippen LogP contribution in [0.4, 0.5) is 0 Å². The lowest BCUT2D eigenvalue weighted by Gasteiger charge is -2.21. The second-order valence-electron chi connectivity index (χ2n) is 31.9. The van der Waals surface area contributed by atoms with Gasteiger partial charge in [0.25, 0.3) is 0 Å². The lowest BCUT2D eigenvalue weighted by molar-refractivity contribution is -0.161. The Morgan fingerprint density at radius 1 is 0.276 bits per heavy atom. The SMILES string of the molecule is CCCCCCCCCCCCCCCCCCCCCCC(=O)O[C@H](COC(=O)CCCCCCCCCCCCCCCCC(C)CC)COP(=O)(O)OC[C@@H](O)COP(=O)(O)OC[C@@H](COC(=O)CCCCCCCCC(C)CC)OC(=O)CCCCCCCCCCCCCCCCC(C)C. The van der Waals surface area contributed by atoms with E-state index in [1.54, 1.807) is 0 Å². The van der Waals surface area contributed by atoms with Crippen LogP contribution < -0.4 is 0 Å². The van der Waals surface area contributed by atoms with Gasteiger partial charge in [-0.15, -0.1) is 0 Å². The summed E-state index contributed by atoms with van der Waals surface area (Å²) in [5, 5.41) is 10.7. The number of hydrogen-bond acceptors (Lipinski definition) is 15. The van der Waals surface area contributed by atoms with Crippen molar-refractivity contribution in [2.24, 2.45) is 17.8 Å². The first-order valence-corrected chi connectivity index (χ1v) is 47.4. The molecule has 0 aromatic rings. The molecule has 0 saturated heterocycles. The monoisotopic (exact) mass is 1540 g/mol. The first kappa shape index (κ1) is 103. The van der Waals surface area contributed by atoms with Crippen molar-refractivity contribution in [1.82, 2.24) is 0 Å². The van der Waals surface area contributed by atoms with E-state index in [1.165, 1.54) is 257 Å². The summed E-state index contributed by atoms with van der Waals surface area (Å²) in [6.07, 6.45) is 66.6. The van der Waals surface area contributed by atoms with Crippen LogP contribution in [0.3, 0.4) is 0 Å². The van der Waals surface area contributed by atoms with Crippen molar-refractivity contribution in [3.63, 3.8) is 0 Å². The van der Waals surface area contributed by atoms with Crippen LogP contribution in [0.25, 0.3) is 0 Å². The number of carbonyl (C=O) groups excluding carboxylic acids is 4. The Hall–Kier alpha value is -1.94. The van der Waals surface area contributed by atoms with Gasteiger partial charge >= 0.3 is 39.5 Å². The minimum atomic E-state index is -4.97. The van der Waals surface area contributed by atoms with Gasteiger partial charge in [0.05, 0.1) is 26.4 Å². The van der Waals surface area contributed by atoms with E-state index in [4.69, 9.17) is 37.0 Å². The number of phosphoric acid groups is 2. The largest absolute Gasteiger partial charge is 0.472 e. The fourth-order valence-corrected chi connectivity index (χ4v) is 14.9. The molecule has 0 saturated carbocycles. The molecular formula is C86H168O17P2. The normalized spacial score (nSPS) is 14.4. The predicted molar refractivity (Wildman–Crippen MR) is 432 cm³/mol. The molecule has 0 aliphatic carbocycles. The molecule has 7 atom stereocenters. The summed E-state index contributed by atoms with van der Waals surface area (Å²) in [6, 6.07) is 0. The third-order valence-electron chi connectivity index (χ3n) is 20.9. The Labute approximate surface area is 645 Å². The average Bonchev–Trinajstić information content (AvgIpc) is 0.958. The zero-order valence-electron chi connectivity index (χ0n) is 69.2. The molecule has 105 heavy (non-hydrogen) atoms. The van der Waals surface area contributed by atoms with E-state index in [-0.39, 0.29) is 25.7 Å². The van der Waals surface area contributed by atoms with Gasteiger partial charge in [0.1, 0.15) is 19.3 Å². The fraction of sp³-hybridized carbons (Fsp3) is 0.953. The predicted octanol–water partition coefficient (Wildman–Crippen LogP) is 26.1. The molecule has 3 N–H and O–H groups in total. The smallest absolute Gasteiger partial charge is 0.462 e. The molecule has 0 heterocycles. The van der Waals surface area contributed by atoms with Gasteiger partial charge < -0.3 is 33.8 Å². The topological polar surface area (TPSA) is 237 Å². The molecule has 4 unspecified atom stereocenters. The van der Waals surface area contributed by atoms with Crippen molar-refractivity contribution >= 4 is 39.5 Å². The summed E-state index contributed by atoms with van der Waals surface area (Å²) < 4.78 is 68.9. The second kappa shape index (κ2) is 76.1. The van der Waals surface area contributed by atoms with Gasteiger partial charge in [0, 0.05) is 25.7 Å². The standard InChI is InChI=1S/C86H168O17P2/c1-8-11-12-13-14-15-16-17-18-19-20-21-22-23-31-36-41-46-55-62-69-85(90)102-81(73-96-83(88)67-60-53-45-40-35-30-27-25-29-34-39-44-51-58-65-78(6)9-2)75-100-104(92,93)98-71-80(87)72-99-105(94,95)101-76-82(74-97-84(89)68-61-54-49-48-52-59-66-79(7)10-3)103-86(91)70-63-56-47-42-37-32-26-24-28-33-38-43-50-57-64-77(4)5/h77-82,87H,8-76H2,1-7H3,(H,92,93)(H,94,95)/t78?,79?,80-,81-,82-/m1/s1. The number of aliphatic hydroxyl groups is 1. The van der Waals surface area contributed by atoms with Crippen LogP contribution in [0.2, 0.25) is 0 Å². The molecule has 0 bridgehead atoms. The van der Waals surface area contributed by atoms with Crippen molar-refractivity contribution in [1.29, 1.82) is 0 Å². The van der Waals surface area contributed by atoms with Gasteiger partial charge in [0.15, 0.2) is 12.2 Å². The Morgan fingerprint density at radius 2 is 0.486 bits per heavy atom. The molecule has 0 aromatic carbocycles. The van der Waals surface area contributed by atoms with Crippen LogP contribution >= 0.6 is 15.6 Å². The Morgan fingerprint density at radius 3 is 0.724 bits per heavy atom. The number of rotatable bonds is 84. The molecule has 0 rings (SSSR count). The van der Waals surface area contributed by atoms with Crippen molar-refractivity contribution in [2.75, 3.05) is 39.6 Å². The maximum absolute atomic E-state index is 13.1. The summed E-state index contributed by atoms with van der Waals surface area (Å²) >= 11 is 0. The third-order valence-corrected chi connectivity index (χ3v) is 22.8. The minimum absolute atomic E-state index is 0.107. The van der Waals surface area contributed by atoms with Crippen LogP contribution in [0.15, 0.2) is 0 Å². The van der Waals surface area contributed by atoms with Crippen LogP contribution in [-0.4, -0.2) is 96.7 Å². The average molecular weight is 1540 g/mol. The second-order valence-corrected chi connectivity index (χ2v) is 34.8. The van der Waals surface area contributed by atoms with E-state index in [0.29, 0.717) is 25.7 Å². The molecule has 624 valence electrons. The summed E-state index contributed by atoms with van der Waals surface area (Å²) in [7, 11) is -9.93. The lowest BCUT2D eigenvalue weighted by Crippen LogP contribution is -2.30. The molecule has 0 radical (unpaired) electrons. The highest BCUT2D eigenvalue weighted by molar-refractivity contribution is 7.47. The zero-order valence-corrected chi connectivity index (χ0v) is 71.0. The maximum atomic E-state index is 13.1. The van der Waals surface area contributed by atoms with Crippen molar-refractivity contribution in [2.45, 2.75) is 471 Å². The Bertz CT molecular complexity index is 2030. The Kier molecular flexibility index (Phi) is 74.7. The van der Waals surface area contributed by atoms with Gasteiger partial charge in [0.2, 0.25) is 0 Å². The van der Waals surface area contributed by atoms with E-state index in [2.05, 4.69) is 48.5 Å². The van der Waals surface area contributed by atoms with Crippen LogP contribution in [0.5, 0.6) is 0 Å². The number of ether oxygens (including phenoxy) is 4. The Balaban J connectivity index is 5.24. The highest BCUT2D eigenvalue weighted by atomic mass is 31.2. The van der Waals surface area contributed by atoms with E-state index in [0.717, 1.165) is 114 Å². The molecule has 17 nitrogen and oxygen atoms in total. The first-order valence-electron chi connectivity index (χ1n) is 44.4. The van der Waals surface area contributed by atoms with Crippen LogP contribution in [0, 0.1) is 17.8 Å². The van der Waals surface area contributed by atoms with Gasteiger partial charge in [-0.3, -0.25) is 37.3 Å². The van der Waals surface area contributed by atoms with E-state index < -0.39 is 97.5 Å². The zero-order chi connectivity index (χ0) is 77.2. The number of hydrogen-bond donors (Lipinski definition) is 3. The third kappa shape index (κ3) is 77.2.